The lowest BCUT2D eigenvalue weighted by molar-refractivity contribution is 0.115. The van der Waals surface area contributed by atoms with E-state index in [0.29, 0.717) is 26.2 Å². The first kappa shape index (κ1) is 14.9. The van der Waals surface area contributed by atoms with Gasteiger partial charge in [0.1, 0.15) is 5.54 Å². The van der Waals surface area contributed by atoms with Gasteiger partial charge in [0.05, 0.1) is 12.1 Å². The fourth-order valence-corrected chi connectivity index (χ4v) is 3.12. The number of nitrogens with zero attached hydrogens (tertiary/aromatic N) is 4. The normalized spacial score (nSPS) is 20.9. The van der Waals surface area contributed by atoms with Gasteiger partial charge in [0.15, 0.2) is 5.25 Å². The summed E-state index contributed by atoms with van der Waals surface area (Å²) in [6.07, 6.45) is 0. The molecule has 0 bridgehead atoms. The van der Waals surface area contributed by atoms with Crippen molar-refractivity contribution in [1.82, 2.24) is 9.21 Å². The van der Waals surface area contributed by atoms with Crippen molar-refractivity contribution < 1.29 is 8.42 Å². The SMILES string of the molecule is CC(C#N)S(=O)(=O)N1CCN(C(C)(C)C#N)CC1. The molecular formula is C11H18N4O2S. The predicted octanol–water partition coefficient (Wildman–Crippen LogP) is 0.148. The molecule has 1 saturated heterocycles. The van der Waals surface area contributed by atoms with E-state index in [2.05, 4.69) is 6.07 Å². The fraction of sp³-hybridized carbons (Fsp3) is 0.818. The molecule has 18 heavy (non-hydrogen) atoms. The highest BCUT2D eigenvalue weighted by molar-refractivity contribution is 7.89. The standard InChI is InChI=1S/C11H18N4O2S/c1-10(8-12)18(16,17)15-6-4-14(5-7-15)11(2,3)9-13/h10H,4-7H2,1-3H3. The van der Waals surface area contributed by atoms with Gasteiger partial charge < -0.3 is 0 Å². The Morgan fingerprint density at radius 1 is 1.17 bits per heavy atom. The maximum absolute atomic E-state index is 12.0. The van der Waals surface area contributed by atoms with E-state index in [-0.39, 0.29) is 0 Å². The Kier molecular flexibility index (Phi) is 4.33. The summed E-state index contributed by atoms with van der Waals surface area (Å²) in [5, 5.41) is 16.7. The first-order valence-corrected chi connectivity index (χ1v) is 7.31. The van der Waals surface area contributed by atoms with E-state index in [9.17, 15) is 8.42 Å². The van der Waals surface area contributed by atoms with Crippen LogP contribution in [0.4, 0.5) is 0 Å². The lowest BCUT2D eigenvalue weighted by Crippen LogP contribution is -2.56. The third-order valence-electron chi connectivity index (χ3n) is 3.29. The smallest absolute Gasteiger partial charge is 0.230 e. The molecule has 1 fully saturated rings. The minimum atomic E-state index is -3.53. The summed E-state index contributed by atoms with van der Waals surface area (Å²) in [7, 11) is -3.53. The van der Waals surface area contributed by atoms with Gasteiger partial charge in [0.25, 0.3) is 0 Å². The molecule has 0 radical (unpaired) electrons. The number of nitriles is 2. The molecule has 0 aliphatic carbocycles. The fourth-order valence-electron chi connectivity index (χ4n) is 1.86. The van der Waals surface area contributed by atoms with Gasteiger partial charge in [-0.3, -0.25) is 4.90 Å². The zero-order valence-corrected chi connectivity index (χ0v) is 11.7. The first-order valence-electron chi connectivity index (χ1n) is 5.80. The summed E-state index contributed by atoms with van der Waals surface area (Å²) >= 11 is 0. The largest absolute Gasteiger partial charge is 0.283 e. The summed E-state index contributed by atoms with van der Waals surface area (Å²) in [5.41, 5.74) is -0.587. The van der Waals surface area contributed by atoms with Crippen LogP contribution in [0, 0.1) is 22.7 Å². The van der Waals surface area contributed by atoms with Crippen molar-refractivity contribution in [2.24, 2.45) is 0 Å². The van der Waals surface area contributed by atoms with Crippen molar-refractivity contribution in [3.05, 3.63) is 0 Å². The second-order valence-corrected chi connectivity index (χ2v) is 7.13. The van der Waals surface area contributed by atoms with E-state index in [1.807, 2.05) is 18.7 Å². The molecule has 0 aromatic heterocycles. The van der Waals surface area contributed by atoms with Crippen molar-refractivity contribution in [2.75, 3.05) is 26.2 Å². The molecule has 1 atom stereocenters. The third-order valence-corrected chi connectivity index (χ3v) is 5.38. The molecule has 1 aliphatic heterocycles. The first-order chi connectivity index (χ1) is 8.25. The topological polar surface area (TPSA) is 88.2 Å². The maximum Gasteiger partial charge on any atom is 0.230 e. The van der Waals surface area contributed by atoms with Gasteiger partial charge in [-0.25, -0.2) is 8.42 Å². The van der Waals surface area contributed by atoms with Crippen molar-refractivity contribution in [1.29, 1.82) is 10.5 Å². The molecule has 0 spiro atoms. The predicted molar refractivity (Wildman–Crippen MR) is 66.8 cm³/mol. The van der Waals surface area contributed by atoms with Crippen LogP contribution in [0.25, 0.3) is 0 Å². The van der Waals surface area contributed by atoms with Crippen LogP contribution in [-0.4, -0.2) is 54.6 Å². The Labute approximate surface area is 108 Å². The van der Waals surface area contributed by atoms with Crippen molar-refractivity contribution in [2.45, 2.75) is 31.6 Å². The average molecular weight is 270 g/mol. The third kappa shape index (κ3) is 2.81. The highest BCUT2D eigenvalue weighted by atomic mass is 32.2. The van der Waals surface area contributed by atoms with Crippen molar-refractivity contribution >= 4 is 10.0 Å². The number of piperazine rings is 1. The highest BCUT2D eigenvalue weighted by Gasteiger charge is 2.35. The van der Waals surface area contributed by atoms with E-state index in [1.54, 1.807) is 6.07 Å². The minimum absolute atomic E-state index is 0.333. The molecule has 1 heterocycles. The van der Waals surface area contributed by atoms with Gasteiger partial charge in [-0.1, -0.05) is 0 Å². The molecule has 0 N–H and O–H groups in total. The lowest BCUT2D eigenvalue weighted by atomic mass is 10.0. The summed E-state index contributed by atoms with van der Waals surface area (Å²) in [6.45, 7) is 6.71. The molecule has 0 aromatic rings. The van der Waals surface area contributed by atoms with E-state index in [0.717, 1.165) is 0 Å². The summed E-state index contributed by atoms with van der Waals surface area (Å²) in [5.74, 6) is 0. The van der Waals surface area contributed by atoms with Crippen molar-refractivity contribution in [3.63, 3.8) is 0 Å². The summed E-state index contributed by atoms with van der Waals surface area (Å²) in [6, 6.07) is 3.96. The van der Waals surface area contributed by atoms with Crippen molar-refractivity contribution in [3.8, 4) is 12.1 Å². The zero-order chi connectivity index (χ0) is 14.0. The molecule has 0 aromatic carbocycles. The number of hydrogen-bond acceptors (Lipinski definition) is 5. The molecule has 1 rings (SSSR count). The quantitative estimate of drug-likeness (QED) is 0.728. The van der Waals surface area contributed by atoms with Crippen LogP contribution in [0.15, 0.2) is 0 Å². The number of rotatable bonds is 3. The molecule has 1 unspecified atom stereocenters. The zero-order valence-electron chi connectivity index (χ0n) is 10.9. The van der Waals surface area contributed by atoms with Crippen LogP contribution in [0.2, 0.25) is 0 Å². The van der Waals surface area contributed by atoms with Gasteiger partial charge >= 0.3 is 0 Å². The van der Waals surface area contributed by atoms with Crippen LogP contribution in [0.1, 0.15) is 20.8 Å². The Hall–Kier alpha value is -1.15. The minimum Gasteiger partial charge on any atom is -0.283 e. The second-order valence-electron chi connectivity index (χ2n) is 4.87. The van der Waals surface area contributed by atoms with E-state index in [4.69, 9.17) is 10.5 Å². The van der Waals surface area contributed by atoms with Gasteiger partial charge in [-0.2, -0.15) is 14.8 Å². The van der Waals surface area contributed by atoms with Gasteiger partial charge in [-0.05, 0) is 20.8 Å². The number of sulfonamides is 1. The molecule has 0 amide bonds. The van der Waals surface area contributed by atoms with Crippen LogP contribution >= 0.6 is 0 Å². The molecule has 0 saturated carbocycles. The van der Waals surface area contributed by atoms with Crippen LogP contribution in [0.5, 0.6) is 0 Å². The summed E-state index contributed by atoms with van der Waals surface area (Å²) < 4.78 is 25.3. The van der Waals surface area contributed by atoms with Crippen LogP contribution < -0.4 is 0 Å². The Morgan fingerprint density at radius 2 is 1.67 bits per heavy atom. The van der Waals surface area contributed by atoms with Gasteiger partial charge in [0.2, 0.25) is 10.0 Å². The molecule has 100 valence electrons. The highest BCUT2D eigenvalue weighted by Crippen LogP contribution is 2.18. The van der Waals surface area contributed by atoms with E-state index in [1.165, 1.54) is 11.2 Å². The lowest BCUT2D eigenvalue weighted by Gasteiger charge is -2.40. The average Bonchev–Trinajstić information content (AvgIpc) is 2.37. The maximum atomic E-state index is 12.0. The van der Waals surface area contributed by atoms with Crippen LogP contribution in [0.3, 0.4) is 0 Å². The summed E-state index contributed by atoms with van der Waals surface area (Å²) in [4.78, 5) is 1.95. The Bertz CT molecular complexity index is 478. The molecule has 6 nitrogen and oxygen atoms in total. The van der Waals surface area contributed by atoms with E-state index < -0.39 is 20.8 Å². The van der Waals surface area contributed by atoms with Gasteiger partial charge in [0, 0.05) is 26.2 Å². The van der Waals surface area contributed by atoms with Crippen LogP contribution in [-0.2, 0) is 10.0 Å². The monoisotopic (exact) mass is 270 g/mol. The van der Waals surface area contributed by atoms with E-state index >= 15 is 0 Å². The van der Waals surface area contributed by atoms with Gasteiger partial charge in [-0.15, -0.1) is 0 Å². The number of hydrogen-bond donors (Lipinski definition) is 0. The molecule has 7 heteroatoms. The molecule has 1 aliphatic rings. The molecular weight excluding hydrogens is 252 g/mol. The Morgan fingerprint density at radius 3 is 2.06 bits per heavy atom. The Balaban J connectivity index is 2.72. The second kappa shape index (κ2) is 5.23.